The summed E-state index contributed by atoms with van der Waals surface area (Å²) in [5.41, 5.74) is 7.64. The Hall–Kier alpha value is -7.72. The number of benzene rings is 9. The average molecular weight is 1500 g/mol. The van der Waals surface area contributed by atoms with Crippen LogP contribution in [0.1, 0.15) is 11.1 Å². The number of fused-ring (bicyclic) bond motifs is 3. The van der Waals surface area contributed by atoms with E-state index in [-0.39, 0.29) is 49.9 Å². The van der Waals surface area contributed by atoms with Gasteiger partial charge in [0.25, 0.3) is 16.7 Å². The lowest BCUT2D eigenvalue weighted by atomic mass is 9.81. The summed E-state index contributed by atoms with van der Waals surface area (Å²) >= 11 is 22.3. The second-order valence-electron chi connectivity index (χ2n) is 19.2. The van der Waals surface area contributed by atoms with Gasteiger partial charge in [-0.25, -0.2) is 0 Å². The minimum Gasteiger partial charge on any atom is -0.508 e. The van der Waals surface area contributed by atoms with Gasteiger partial charge in [0.1, 0.15) is 23.0 Å². The van der Waals surface area contributed by atoms with Crippen LogP contribution in [0.3, 0.4) is 0 Å². The Balaban J connectivity index is 0.000000171. The SMILES string of the molecule is BrB(Br)Br.COc1ccc(-n2cc(-c3ccccc3)c3cc(CO)ccc3c2=O)cc1.COc1ccc(-n2cc(Br)c3cc(CO)ccc3c2=O)cc1.ClCCl.O=c1c2ccc(O)cc2c(-c2ccccc2)cn1-c1ccc(O)cc1.OB(O)c1ccccc1. The summed E-state index contributed by atoms with van der Waals surface area (Å²) in [5, 5.41) is 59.5. The highest BCUT2D eigenvalue weighted by Crippen LogP contribution is 2.32. The molecule has 9 aromatic carbocycles. The summed E-state index contributed by atoms with van der Waals surface area (Å²) in [6, 6.07) is 65.0. The van der Waals surface area contributed by atoms with Crippen LogP contribution in [0.15, 0.2) is 256 Å². The molecule has 0 bridgehead atoms. The predicted molar refractivity (Wildman–Crippen MR) is 381 cm³/mol. The van der Waals surface area contributed by atoms with Crippen molar-refractivity contribution in [2.24, 2.45) is 0 Å². The van der Waals surface area contributed by atoms with E-state index in [0.717, 1.165) is 71.5 Å². The Bertz CT molecular complexity index is 4480. The normalized spacial score (nSPS) is 10.4. The molecule has 12 aromatic rings. The van der Waals surface area contributed by atoms with Gasteiger partial charge >= 0.3 is 10.3 Å². The maximum Gasteiger partial charge on any atom is 0.488 e. The first kappa shape index (κ1) is 69.7. The van der Waals surface area contributed by atoms with Crippen molar-refractivity contribution in [3.63, 3.8) is 0 Å². The number of phenolic OH excluding ortho intramolecular Hbond substituents is 2. The standard InChI is InChI=1S/C23H19NO3.C21H15NO3.C17H14BrNO3.C6H7BO2.CH2Cl2.BBr3/c1-27-19-10-8-18(9-11-19)24-14-22(17-5-3-2-4-6-17)21-13-16(15-25)7-12-20(21)23(24)26;23-16-8-6-15(7-9-16)22-13-20(14-4-2-1-3-5-14)19-12-17(24)10-11-18(19)21(22)25;1-22-13-5-3-12(4-6-13)19-9-16(18)15-8-11(10-20)2-7-14(15)17(19)21;8-7(9)6-4-2-1-3-5-6;2-1-3;2-1(3)4/h2-14,25H,15H2,1H3;1-13,23-24H;2-9,20H,10H2,1H3;1-5,8-9H;1H2;. The number of pyridine rings is 3. The summed E-state index contributed by atoms with van der Waals surface area (Å²) in [4.78, 5) is 38.7. The monoisotopic (exact) mass is 1500 g/mol. The van der Waals surface area contributed by atoms with Crippen LogP contribution in [0.25, 0.3) is 71.6 Å². The smallest absolute Gasteiger partial charge is 0.488 e. The first-order chi connectivity index (χ1) is 43.4. The summed E-state index contributed by atoms with van der Waals surface area (Å²) in [5.74, 6) is 1.74. The number of aliphatic hydroxyl groups excluding tert-OH is 2. The highest BCUT2D eigenvalue weighted by atomic mass is 79.9. The van der Waals surface area contributed by atoms with Gasteiger partial charge in [0.15, 0.2) is 0 Å². The number of nitrogens with zero attached hydrogens (tertiary/aromatic N) is 3. The minimum atomic E-state index is -1.34. The zero-order valence-electron chi connectivity index (χ0n) is 48.1. The van der Waals surface area contributed by atoms with Crippen LogP contribution in [0.4, 0.5) is 0 Å². The number of phenols is 2. The van der Waals surface area contributed by atoms with E-state index in [1.165, 1.54) is 6.07 Å². The lowest BCUT2D eigenvalue weighted by molar-refractivity contribution is 0.282. The van der Waals surface area contributed by atoms with Crippen LogP contribution >= 0.6 is 86.4 Å². The number of alkyl halides is 2. The Morgan fingerprint density at radius 2 is 0.767 bits per heavy atom. The molecule has 0 spiro atoms. The molecule has 0 aliphatic carbocycles. The zero-order valence-corrected chi connectivity index (χ0v) is 56.0. The number of aromatic nitrogens is 3. The van der Waals surface area contributed by atoms with E-state index in [0.29, 0.717) is 32.7 Å². The Morgan fingerprint density at radius 1 is 0.433 bits per heavy atom. The van der Waals surface area contributed by atoms with Crippen LogP contribution in [-0.4, -0.2) is 74.0 Å². The first-order valence-electron chi connectivity index (χ1n) is 27.2. The molecule has 3 heterocycles. The molecule has 0 fully saturated rings. The second-order valence-corrected chi connectivity index (χ2v) is 27.3. The van der Waals surface area contributed by atoms with Gasteiger partial charge in [-0.2, -0.15) is 0 Å². The van der Waals surface area contributed by atoms with Gasteiger partial charge in [0.05, 0.1) is 32.8 Å². The maximum absolute atomic E-state index is 13.1. The van der Waals surface area contributed by atoms with E-state index in [4.69, 9.17) is 42.7 Å². The summed E-state index contributed by atoms with van der Waals surface area (Å²) < 4.78 is 16.2. The van der Waals surface area contributed by atoms with Gasteiger partial charge in [-0.1, -0.05) is 103 Å². The highest BCUT2D eigenvalue weighted by molar-refractivity contribution is 9.69. The van der Waals surface area contributed by atoms with Crippen molar-refractivity contribution < 1.29 is 39.9 Å². The molecule has 0 aliphatic heterocycles. The van der Waals surface area contributed by atoms with E-state index < -0.39 is 7.12 Å². The molecule has 90 heavy (non-hydrogen) atoms. The number of hydrogen-bond acceptors (Lipinski definition) is 11. The van der Waals surface area contributed by atoms with Gasteiger partial charge in [-0.05, 0) is 164 Å². The molecule has 0 saturated heterocycles. The van der Waals surface area contributed by atoms with Gasteiger partial charge in [-0.15, -0.1) is 70.5 Å². The number of halogens is 6. The topological polar surface area (TPSA) is 206 Å². The molecular weight excluding hydrogens is 1450 g/mol. The van der Waals surface area contributed by atoms with E-state index in [1.807, 2.05) is 134 Å². The van der Waals surface area contributed by atoms with Gasteiger partial charge < -0.3 is 39.9 Å². The van der Waals surface area contributed by atoms with Crippen LogP contribution in [-0.2, 0) is 13.2 Å². The molecule has 0 saturated carbocycles. The molecular formula is C68H57B2Br4Cl2N3O11. The lowest BCUT2D eigenvalue weighted by Gasteiger charge is -2.14. The van der Waals surface area contributed by atoms with Crippen molar-refractivity contribution in [2.75, 3.05) is 19.6 Å². The molecule has 0 radical (unpaired) electrons. The third-order valence-corrected chi connectivity index (χ3v) is 14.2. The number of methoxy groups -OCH3 is 2. The Labute approximate surface area is 562 Å². The van der Waals surface area contributed by atoms with Crippen LogP contribution in [0.2, 0.25) is 0 Å². The third kappa shape index (κ3) is 18.5. The third-order valence-electron chi connectivity index (χ3n) is 13.6. The molecule has 12 rings (SSSR count). The van der Waals surface area contributed by atoms with Gasteiger partial charge in [-0.3, -0.25) is 28.1 Å². The number of aromatic hydroxyl groups is 2. The molecule has 14 nitrogen and oxygen atoms in total. The molecule has 0 amide bonds. The van der Waals surface area contributed by atoms with E-state index in [1.54, 1.807) is 125 Å². The van der Waals surface area contributed by atoms with Crippen molar-refractivity contribution in [2.45, 2.75) is 13.2 Å². The first-order valence-corrected chi connectivity index (χ1v) is 31.8. The largest absolute Gasteiger partial charge is 0.508 e. The number of hydrogen-bond donors (Lipinski definition) is 6. The summed E-state index contributed by atoms with van der Waals surface area (Å²) in [7, 11) is 1.88. The summed E-state index contributed by atoms with van der Waals surface area (Å²) in [6.45, 7) is -0.115. The fourth-order valence-electron chi connectivity index (χ4n) is 9.25. The molecule has 3 aromatic heterocycles. The minimum absolute atomic E-state index is 0.0516. The van der Waals surface area contributed by atoms with Gasteiger partial charge in [0.2, 0.25) is 0 Å². The van der Waals surface area contributed by atoms with E-state index >= 15 is 0 Å². The molecule has 6 N–H and O–H groups in total. The number of aliphatic hydroxyl groups is 2. The molecule has 458 valence electrons. The van der Waals surface area contributed by atoms with Crippen molar-refractivity contribution in [1.82, 2.24) is 13.7 Å². The Kier molecular flexibility index (Phi) is 26.7. The number of ether oxygens (including phenoxy) is 2. The van der Waals surface area contributed by atoms with Crippen LogP contribution in [0.5, 0.6) is 23.0 Å². The highest BCUT2D eigenvalue weighted by Gasteiger charge is 2.16. The maximum atomic E-state index is 13.1. The number of rotatable bonds is 10. The lowest BCUT2D eigenvalue weighted by Crippen LogP contribution is -2.29. The average Bonchev–Trinajstić information content (AvgIpc) is 0.834. The van der Waals surface area contributed by atoms with E-state index in [2.05, 4.69) is 63.2 Å². The van der Waals surface area contributed by atoms with Crippen molar-refractivity contribution in [3.05, 3.63) is 284 Å². The fourth-order valence-corrected chi connectivity index (χ4v) is 9.79. The Morgan fingerprint density at radius 3 is 1.14 bits per heavy atom. The predicted octanol–water partition coefficient (Wildman–Crippen LogP) is 14.4. The molecule has 0 unspecified atom stereocenters. The summed E-state index contributed by atoms with van der Waals surface area (Å²) in [6.07, 6.45) is 5.38. The zero-order chi connectivity index (χ0) is 64.9. The second kappa shape index (κ2) is 34.5. The molecule has 0 aliphatic rings. The molecule has 22 heteroatoms. The fraction of sp³-hybridized carbons (Fsp3) is 0.0735. The quantitative estimate of drug-likeness (QED) is 0.0561. The van der Waals surface area contributed by atoms with Crippen molar-refractivity contribution in [3.8, 4) is 62.3 Å². The van der Waals surface area contributed by atoms with Crippen molar-refractivity contribution >= 4 is 134 Å². The van der Waals surface area contributed by atoms with Crippen LogP contribution < -0.4 is 31.6 Å². The van der Waals surface area contributed by atoms with Crippen LogP contribution in [0, 0.1) is 0 Å². The van der Waals surface area contributed by atoms with E-state index in [9.17, 15) is 34.8 Å². The van der Waals surface area contributed by atoms with Gasteiger partial charge in [0, 0.05) is 78.2 Å². The molecule has 0 atom stereocenters. The van der Waals surface area contributed by atoms with Crippen molar-refractivity contribution in [1.29, 1.82) is 0 Å².